The number of hydrogen-bond donors (Lipinski definition) is 2. The molecule has 0 aromatic rings. The SMILES string of the molecule is O=CO.[CH-]=CC(=O)O.[Y]. The number of carboxylic acids is 1. The molecule has 0 aromatic heterocycles. The molecule has 0 saturated heterocycles. The minimum atomic E-state index is -1.09. The van der Waals surface area contributed by atoms with E-state index < -0.39 is 5.97 Å². The molecule has 5 heteroatoms. The summed E-state index contributed by atoms with van der Waals surface area (Å²) in [7, 11) is 0. The largest absolute Gasteiger partial charge is 0.562 e. The van der Waals surface area contributed by atoms with Gasteiger partial charge in [-0.05, 0) is 0 Å². The summed E-state index contributed by atoms with van der Waals surface area (Å²) in [5.41, 5.74) is 0. The first-order chi connectivity index (χ1) is 3.68. The third-order valence-electron chi connectivity index (χ3n) is 0.143. The minimum absolute atomic E-state index is 0. The zero-order chi connectivity index (χ0) is 6.99. The number of carbonyl (C=O) groups is 2. The van der Waals surface area contributed by atoms with Crippen LogP contribution in [-0.4, -0.2) is 22.7 Å². The molecule has 49 valence electrons. The monoisotopic (exact) mass is 206 g/mol. The molecule has 9 heavy (non-hydrogen) atoms. The maximum Gasteiger partial charge on any atom is 0.290 e. The zero-order valence-electron chi connectivity index (χ0n) is 4.52. The Bertz CT molecular complexity index is 90.6. The smallest absolute Gasteiger partial charge is 0.290 e. The van der Waals surface area contributed by atoms with Crippen molar-refractivity contribution in [2.45, 2.75) is 0 Å². The summed E-state index contributed by atoms with van der Waals surface area (Å²) in [6, 6.07) is 0. The van der Waals surface area contributed by atoms with Crippen LogP contribution in [0.15, 0.2) is 6.08 Å². The molecule has 4 nitrogen and oxygen atoms in total. The second kappa shape index (κ2) is 15.7. The van der Waals surface area contributed by atoms with Gasteiger partial charge in [-0.3, -0.25) is 11.4 Å². The predicted octanol–water partition coefficient (Wildman–Crippen LogP) is -0.242. The van der Waals surface area contributed by atoms with Gasteiger partial charge in [-0.1, -0.05) is 0 Å². The summed E-state index contributed by atoms with van der Waals surface area (Å²) in [5.74, 6) is -1.09. The van der Waals surface area contributed by atoms with Crippen LogP contribution in [0, 0.1) is 6.58 Å². The van der Waals surface area contributed by atoms with Gasteiger partial charge in [-0.15, -0.1) is 0 Å². The van der Waals surface area contributed by atoms with Crippen LogP contribution < -0.4 is 0 Å². The fourth-order valence-electron chi connectivity index (χ4n) is 0. The molecule has 0 aromatic carbocycles. The van der Waals surface area contributed by atoms with E-state index in [1.54, 1.807) is 0 Å². The van der Waals surface area contributed by atoms with Crippen LogP contribution in [0.4, 0.5) is 0 Å². The van der Waals surface area contributed by atoms with Gasteiger partial charge in [0.25, 0.3) is 6.47 Å². The van der Waals surface area contributed by atoms with E-state index in [2.05, 4.69) is 6.58 Å². The fourth-order valence-corrected chi connectivity index (χ4v) is 0. The van der Waals surface area contributed by atoms with Crippen molar-refractivity contribution >= 4 is 12.4 Å². The van der Waals surface area contributed by atoms with E-state index in [1.807, 2.05) is 0 Å². The standard InChI is InChI=1S/C3H3O2.CH2O2.Y/c1-2-3(4)5;2-1-3;/h1-2H,(H,4,5);1H,(H,2,3);/q-1;;. The summed E-state index contributed by atoms with van der Waals surface area (Å²) in [5, 5.41) is 14.4. The average Bonchev–Trinajstić information content (AvgIpc) is 1.69. The molecule has 0 heterocycles. The maximum atomic E-state index is 9.19. The molecule has 1 radical (unpaired) electrons. The molecule has 0 spiro atoms. The van der Waals surface area contributed by atoms with Crippen molar-refractivity contribution in [2.75, 3.05) is 0 Å². The molecule has 0 rings (SSSR count). The van der Waals surface area contributed by atoms with Crippen molar-refractivity contribution in [1.82, 2.24) is 0 Å². The van der Waals surface area contributed by atoms with Crippen molar-refractivity contribution < 1.29 is 52.5 Å². The summed E-state index contributed by atoms with van der Waals surface area (Å²) in [4.78, 5) is 17.5. The minimum Gasteiger partial charge on any atom is -0.562 e. The second-order valence-corrected chi connectivity index (χ2v) is 0.610. The Morgan fingerprint density at radius 2 is 1.67 bits per heavy atom. The molecule has 0 atom stereocenters. The first-order valence-corrected chi connectivity index (χ1v) is 1.54. The van der Waals surface area contributed by atoms with Gasteiger partial charge in [0.2, 0.25) is 0 Å². The third kappa shape index (κ3) is 81.8. The van der Waals surface area contributed by atoms with Gasteiger partial charge < -0.3 is 15.0 Å². The first-order valence-electron chi connectivity index (χ1n) is 1.54. The zero-order valence-corrected chi connectivity index (χ0v) is 7.36. The van der Waals surface area contributed by atoms with Gasteiger partial charge in [0.15, 0.2) is 5.97 Å². The summed E-state index contributed by atoms with van der Waals surface area (Å²) >= 11 is 0. The van der Waals surface area contributed by atoms with Gasteiger partial charge in [0.05, 0.1) is 0 Å². The van der Waals surface area contributed by atoms with E-state index in [1.165, 1.54) is 0 Å². The van der Waals surface area contributed by atoms with Crippen LogP contribution in [-0.2, 0) is 42.3 Å². The molecule has 0 aliphatic carbocycles. The Morgan fingerprint density at radius 3 is 1.67 bits per heavy atom. The van der Waals surface area contributed by atoms with Crippen LogP contribution in [0.1, 0.15) is 0 Å². The van der Waals surface area contributed by atoms with E-state index in [9.17, 15) is 4.79 Å². The fraction of sp³-hybridized carbons (Fsp3) is 0. The molecule has 0 unspecified atom stereocenters. The van der Waals surface area contributed by atoms with Crippen LogP contribution in [0.2, 0.25) is 0 Å². The molecule has 0 saturated carbocycles. The van der Waals surface area contributed by atoms with Gasteiger partial charge in [0, 0.05) is 32.7 Å². The normalized spacial score (nSPS) is 4.89. The van der Waals surface area contributed by atoms with Crippen molar-refractivity contribution in [3.05, 3.63) is 12.7 Å². The van der Waals surface area contributed by atoms with Crippen LogP contribution in [0.25, 0.3) is 0 Å². The maximum absolute atomic E-state index is 9.19. The van der Waals surface area contributed by atoms with Gasteiger partial charge in [-0.25, -0.2) is 0 Å². The number of carboxylic acid groups (broad SMARTS) is 2. The summed E-state index contributed by atoms with van der Waals surface area (Å²) in [6.45, 7) is 4.20. The molecule has 0 aliphatic rings. The van der Waals surface area contributed by atoms with E-state index in [4.69, 9.17) is 15.0 Å². The Labute approximate surface area is 77.4 Å². The molecule has 0 aliphatic heterocycles. The third-order valence-corrected chi connectivity index (χ3v) is 0.143. The summed E-state index contributed by atoms with van der Waals surface area (Å²) in [6.07, 6.45) is 0.583. The second-order valence-electron chi connectivity index (χ2n) is 0.610. The first kappa shape index (κ1) is 15.9. The number of aliphatic carboxylic acids is 1. The predicted molar refractivity (Wildman–Crippen MR) is 25.2 cm³/mol. The number of hydrogen-bond acceptors (Lipinski definition) is 2. The Kier molecular flexibility index (Phi) is 27.7. The van der Waals surface area contributed by atoms with Crippen molar-refractivity contribution in [2.24, 2.45) is 0 Å². The van der Waals surface area contributed by atoms with E-state index in [-0.39, 0.29) is 39.2 Å². The molecular weight excluding hydrogens is 201 g/mol. The van der Waals surface area contributed by atoms with Crippen molar-refractivity contribution in [3.63, 3.8) is 0 Å². The Morgan fingerprint density at radius 1 is 1.56 bits per heavy atom. The summed E-state index contributed by atoms with van der Waals surface area (Å²) < 4.78 is 0. The van der Waals surface area contributed by atoms with E-state index in [0.29, 0.717) is 6.08 Å². The van der Waals surface area contributed by atoms with Crippen LogP contribution in [0.5, 0.6) is 0 Å². The van der Waals surface area contributed by atoms with E-state index in [0.717, 1.165) is 0 Å². The molecule has 0 fully saturated rings. The topological polar surface area (TPSA) is 74.6 Å². The van der Waals surface area contributed by atoms with Crippen molar-refractivity contribution in [1.29, 1.82) is 0 Å². The van der Waals surface area contributed by atoms with Gasteiger partial charge in [0.1, 0.15) is 0 Å². The molecule has 0 amide bonds. The van der Waals surface area contributed by atoms with Gasteiger partial charge in [-0.2, -0.15) is 6.08 Å². The van der Waals surface area contributed by atoms with E-state index >= 15 is 0 Å². The Balaban J connectivity index is -0.0000000800. The average molecular weight is 206 g/mol. The number of rotatable bonds is 1. The van der Waals surface area contributed by atoms with Crippen LogP contribution >= 0.6 is 0 Å². The Hall–Kier alpha value is -0.216. The molecule has 2 N–H and O–H groups in total. The molecule has 0 bridgehead atoms. The van der Waals surface area contributed by atoms with Gasteiger partial charge >= 0.3 is 0 Å². The quantitative estimate of drug-likeness (QED) is 0.352. The van der Waals surface area contributed by atoms with Crippen molar-refractivity contribution in [3.8, 4) is 0 Å². The van der Waals surface area contributed by atoms with Crippen LogP contribution in [0.3, 0.4) is 0 Å². The molecular formula is C4H5O4Y-.